The number of carbonyl (C=O) groups is 1. The van der Waals surface area contributed by atoms with Crippen molar-refractivity contribution in [3.63, 3.8) is 0 Å². The summed E-state index contributed by atoms with van der Waals surface area (Å²) < 4.78 is 11.1. The van der Waals surface area contributed by atoms with Gasteiger partial charge in [-0.25, -0.2) is 0 Å². The van der Waals surface area contributed by atoms with Gasteiger partial charge in [-0.2, -0.15) is 0 Å². The van der Waals surface area contributed by atoms with Crippen molar-refractivity contribution in [2.45, 2.75) is 31.4 Å². The summed E-state index contributed by atoms with van der Waals surface area (Å²) in [5, 5.41) is 9.17. The molecule has 1 fully saturated rings. The fraction of sp³-hybridized carbons (Fsp3) is 0.500. The van der Waals surface area contributed by atoms with Crippen LogP contribution in [0.3, 0.4) is 0 Å². The number of aliphatic carboxylic acids is 1. The molecule has 1 aromatic carbocycles. The predicted molar refractivity (Wildman–Crippen MR) is 75.1 cm³/mol. The van der Waals surface area contributed by atoms with Gasteiger partial charge in [0.1, 0.15) is 11.9 Å². The molecule has 5 nitrogen and oxygen atoms in total. The molecule has 2 atom stereocenters. The zero-order valence-electron chi connectivity index (χ0n) is 11.0. The highest BCUT2D eigenvalue weighted by atomic mass is 35.5. The van der Waals surface area contributed by atoms with Gasteiger partial charge in [0.15, 0.2) is 0 Å². The minimum absolute atomic E-state index is 0.0137. The van der Waals surface area contributed by atoms with Crippen LogP contribution in [0, 0.1) is 0 Å². The molecule has 0 bridgehead atoms. The zero-order chi connectivity index (χ0) is 14.5. The van der Waals surface area contributed by atoms with Gasteiger partial charge in [-0.1, -0.05) is 17.7 Å². The number of rotatable bonds is 5. The van der Waals surface area contributed by atoms with E-state index in [4.69, 9.17) is 31.9 Å². The predicted octanol–water partition coefficient (Wildman–Crippen LogP) is 2.37. The van der Waals surface area contributed by atoms with Gasteiger partial charge in [-0.15, -0.1) is 0 Å². The average molecular weight is 300 g/mol. The Kier molecular flexibility index (Phi) is 5.23. The van der Waals surface area contributed by atoms with Crippen LogP contribution in [0.25, 0.3) is 0 Å². The molecule has 1 saturated heterocycles. The number of halogens is 1. The van der Waals surface area contributed by atoms with E-state index in [1.54, 1.807) is 18.2 Å². The third-order valence-corrected chi connectivity index (χ3v) is 3.49. The smallest absolute Gasteiger partial charge is 0.305 e. The lowest BCUT2D eigenvalue weighted by Gasteiger charge is -2.24. The van der Waals surface area contributed by atoms with Crippen molar-refractivity contribution in [3.05, 3.63) is 28.8 Å². The van der Waals surface area contributed by atoms with Gasteiger partial charge < -0.3 is 20.3 Å². The molecule has 0 aliphatic carbocycles. The largest absolute Gasteiger partial charge is 0.486 e. The van der Waals surface area contributed by atoms with E-state index < -0.39 is 12.0 Å². The molecule has 20 heavy (non-hydrogen) atoms. The molecule has 6 heteroatoms. The van der Waals surface area contributed by atoms with Gasteiger partial charge in [0.05, 0.1) is 18.1 Å². The number of carboxylic acid groups (broad SMARTS) is 1. The summed E-state index contributed by atoms with van der Waals surface area (Å²) in [7, 11) is 0. The molecule has 0 radical (unpaired) electrons. The molecule has 0 aromatic heterocycles. The lowest BCUT2D eigenvalue weighted by molar-refractivity contribution is -0.137. The highest BCUT2D eigenvalue weighted by Crippen LogP contribution is 2.30. The third-order valence-electron chi connectivity index (χ3n) is 3.19. The Labute approximate surface area is 122 Å². The minimum atomic E-state index is -0.937. The number of ether oxygens (including phenoxy) is 2. The van der Waals surface area contributed by atoms with Crippen LogP contribution in [0.5, 0.6) is 5.75 Å². The number of hydrogen-bond donors (Lipinski definition) is 2. The van der Waals surface area contributed by atoms with E-state index in [-0.39, 0.29) is 12.5 Å². The Bertz CT molecular complexity index is 474. The van der Waals surface area contributed by atoms with Crippen LogP contribution in [0.1, 0.15) is 30.9 Å². The molecule has 1 aromatic rings. The fourth-order valence-electron chi connectivity index (χ4n) is 2.13. The standard InChI is InChI=1S/C14H18ClNO4/c15-11-6-9(12(16)7-14(17)18)3-4-13(11)20-10-2-1-5-19-8-10/h3-4,6,10,12H,1-2,5,7-8,16H2,(H,17,18). The Hall–Kier alpha value is -1.30. The monoisotopic (exact) mass is 299 g/mol. The molecule has 3 N–H and O–H groups in total. The molecule has 0 saturated carbocycles. The molecule has 110 valence electrons. The summed E-state index contributed by atoms with van der Waals surface area (Å²) in [5.74, 6) is -0.359. The molecule has 1 aliphatic heterocycles. The van der Waals surface area contributed by atoms with Gasteiger partial charge in [0.25, 0.3) is 0 Å². The van der Waals surface area contributed by atoms with E-state index in [0.29, 0.717) is 22.9 Å². The van der Waals surface area contributed by atoms with Crippen LogP contribution < -0.4 is 10.5 Å². The van der Waals surface area contributed by atoms with Crippen LogP contribution >= 0.6 is 11.6 Å². The summed E-state index contributed by atoms with van der Waals surface area (Å²) in [6, 6.07) is 4.57. The minimum Gasteiger partial charge on any atom is -0.486 e. The van der Waals surface area contributed by atoms with E-state index in [9.17, 15) is 4.79 Å². The van der Waals surface area contributed by atoms with Crippen molar-refractivity contribution in [2.75, 3.05) is 13.2 Å². The van der Waals surface area contributed by atoms with E-state index in [1.165, 1.54) is 0 Å². The SMILES string of the molecule is NC(CC(=O)O)c1ccc(OC2CCCOC2)c(Cl)c1. The van der Waals surface area contributed by atoms with E-state index in [1.807, 2.05) is 0 Å². The average Bonchev–Trinajstić information content (AvgIpc) is 2.41. The highest BCUT2D eigenvalue weighted by molar-refractivity contribution is 6.32. The summed E-state index contributed by atoms with van der Waals surface area (Å²) >= 11 is 6.16. The summed E-state index contributed by atoms with van der Waals surface area (Å²) in [6.07, 6.45) is 1.80. The number of benzene rings is 1. The maximum atomic E-state index is 10.6. The first kappa shape index (κ1) is 15.1. The first-order chi connectivity index (χ1) is 9.56. The van der Waals surface area contributed by atoms with Crippen LogP contribution in [0.15, 0.2) is 18.2 Å². The number of carboxylic acids is 1. The van der Waals surface area contributed by atoms with Crippen LogP contribution in [0.4, 0.5) is 0 Å². The second kappa shape index (κ2) is 6.92. The molecule has 0 amide bonds. The van der Waals surface area contributed by atoms with Crippen molar-refractivity contribution in [1.82, 2.24) is 0 Å². The molecule has 2 unspecified atom stereocenters. The summed E-state index contributed by atoms with van der Waals surface area (Å²) in [4.78, 5) is 10.6. The maximum Gasteiger partial charge on any atom is 0.305 e. The van der Waals surface area contributed by atoms with Gasteiger partial charge in [0, 0.05) is 12.6 Å². The second-order valence-electron chi connectivity index (χ2n) is 4.85. The second-order valence-corrected chi connectivity index (χ2v) is 5.26. The number of nitrogens with two attached hydrogens (primary N) is 1. The van der Waals surface area contributed by atoms with E-state index in [0.717, 1.165) is 19.4 Å². The van der Waals surface area contributed by atoms with Crippen LogP contribution in [-0.4, -0.2) is 30.4 Å². The molecule has 0 spiro atoms. The van der Waals surface area contributed by atoms with Crippen molar-refractivity contribution < 1.29 is 19.4 Å². The highest BCUT2D eigenvalue weighted by Gasteiger charge is 2.18. The molecular formula is C14H18ClNO4. The normalized spacial score (nSPS) is 20.4. The van der Waals surface area contributed by atoms with Gasteiger partial charge in [-0.05, 0) is 30.5 Å². The van der Waals surface area contributed by atoms with E-state index in [2.05, 4.69) is 0 Å². The quantitative estimate of drug-likeness (QED) is 0.872. The molecular weight excluding hydrogens is 282 g/mol. The van der Waals surface area contributed by atoms with Crippen molar-refractivity contribution in [3.8, 4) is 5.75 Å². The van der Waals surface area contributed by atoms with Gasteiger partial charge >= 0.3 is 5.97 Å². The third kappa shape index (κ3) is 4.10. The Morgan fingerprint density at radius 3 is 3.00 bits per heavy atom. The fourth-order valence-corrected chi connectivity index (χ4v) is 2.37. The van der Waals surface area contributed by atoms with Crippen molar-refractivity contribution >= 4 is 17.6 Å². The lowest BCUT2D eigenvalue weighted by Crippen LogP contribution is -2.28. The Morgan fingerprint density at radius 1 is 1.60 bits per heavy atom. The summed E-state index contributed by atoms with van der Waals surface area (Å²) in [6.45, 7) is 1.34. The Morgan fingerprint density at radius 2 is 2.40 bits per heavy atom. The van der Waals surface area contributed by atoms with Gasteiger partial charge in [0.2, 0.25) is 0 Å². The molecule has 1 aliphatic rings. The lowest BCUT2D eigenvalue weighted by atomic mass is 10.0. The topological polar surface area (TPSA) is 81.8 Å². The summed E-state index contributed by atoms with van der Waals surface area (Å²) in [5.41, 5.74) is 6.48. The van der Waals surface area contributed by atoms with Crippen LogP contribution in [-0.2, 0) is 9.53 Å². The molecule has 1 heterocycles. The van der Waals surface area contributed by atoms with Gasteiger partial charge in [-0.3, -0.25) is 4.79 Å². The number of hydrogen-bond acceptors (Lipinski definition) is 4. The van der Waals surface area contributed by atoms with Crippen molar-refractivity contribution in [1.29, 1.82) is 0 Å². The zero-order valence-corrected chi connectivity index (χ0v) is 11.8. The Balaban J connectivity index is 2.03. The molecule has 2 rings (SSSR count). The first-order valence-corrected chi connectivity index (χ1v) is 6.95. The van der Waals surface area contributed by atoms with Crippen molar-refractivity contribution in [2.24, 2.45) is 5.73 Å². The van der Waals surface area contributed by atoms with Crippen LogP contribution in [0.2, 0.25) is 5.02 Å². The maximum absolute atomic E-state index is 10.6. The van der Waals surface area contributed by atoms with E-state index >= 15 is 0 Å². The first-order valence-electron chi connectivity index (χ1n) is 6.57.